The van der Waals surface area contributed by atoms with Crippen molar-refractivity contribution < 1.29 is 9.53 Å². The number of rotatable bonds is 10. The van der Waals surface area contributed by atoms with Gasteiger partial charge in [-0.3, -0.25) is 4.79 Å². The van der Waals surface area contributed by atoms with Gasteiger partial charge in [0.05, 0.1) is 5.92 Å². The highest BCUT2D eigenvalue weighted by Gasteiger charge is 2.27. The van der Waals surface area contributed by atoms with Crippen LogP contribution in [0, 0.1) is 5.92 Å². The van der Waals surface area contributed by atoms with Crippen molar-refractivity contribution in [3.05, 3.63) is 35.9 Å². The Balaban J connectivity index is 0.00000484. The minimum atomic E-state index is -0.167. The average Bonchev–Trinajstić information content (AvgIpc) is 2.56. The van der Waals surface area contributed by atoms with Crippen LogP contribution in [0.25, 0.3) is 0 Å². The highest BCUT2D eigenvalue weighted by atomic mass is 79.9. The van der Waals surface area contributed by atoms with Crippen molar-refractivity contribution in [2.45, 2.75) is 58.9 Å². The lowest BCUT2D eigenvalue weighted by Gasteiger charge is -2.22. The van der Waals surface area contributed by atoms with Crippen LogP contribution in [-0.4, -0.2) is 25.2 Å². The molecule has 23 heavy (non-hydrogen) atoms. The Morgan fingerprint density at radius 2 is 1.70 bits per heavy atom. The minimum absolute atomic E-state index is 0. The summed E-state index contributed by atoms with van der Waals surface area (Å²) < 4.78 is 5.52. The highest BCUT2D eigenvalue weighted by molar-refractivity contribution is 8.93. The Morgan fingerprint density at radius 1 is 1.09 bits per heavy atom. The van der Waals surface area contributed by atoms with Crippen LogP contribution in [0.15, 0.2) is 30.3 Å². The van der Waals surface area contributed by atoms with Crippen LogP contribution >= 0.6 is 17.0 Å². The van der Waals surface area contributed by atoms with Crippen molar-refractivity contribution in [3.8, 4) is 0 Å². The fourth-order valence-corrected chi connectivity index (χ4v) is 2.67. The minimum Gasteiger partial charge on any atom is -0.464 e. The Labute approximate surface area is 152 Å². The van der Waals surface area contributed by atoms with Gasteiger partial charge in [-0.25, -0.2) is 0 Å². The molecule has 0 spiro atoms. The van der Waals surface area contributed by atoms with E-state index in [0.29, 0.717) is 12.6 Å². The van der Waals surface area contributed by atoms with E-state index in [-0.39, 0.29) is 34.8 Å². The van der Waals surface area contributed by atoms with Crippen molar-refractivity contribution >= 4 is 23.0 Å². The number of carbonyl (C=O) groups excluding carboxylic acids is 1. The molecule has 0 aromatic heterocycles. The fraction of sp³-hybridized carbons (Fsp3) is 0.632. The molecule has 0 fully saturated rings. The van der Waals surface area contributed by atoms with Crippen molar-refractivity contribution in [1.82, 2.24) is 5.32 Å². The zero-order valence-corrected chi connectivity index (χ0v) is 16.6. The molecule has 0 saturated heterocycles. The van der Waals surface area contributed by atoms with Crippen molar-refractivity contribution in [2.75, 3.05) is 13.2 Å². The molecule has 1 aromatic carbocycles. The summed E-state index contributed by atoms with van der Waals surface area (Å²) in [5, 5.41) is 3.42. The number of hydrogen-bond acceptors (Lipinski definition) is 3. The van der Waals surface area contributed by atoms with Gasteiger partial charge in [-0.15, -0.1) is 17.0 Å². The zero-order valence-electron chi connectivity index (χ0n) is 14.9. The topological polar surface area (TPSA) is 38.3 Å². The van der Waals surface area contributed by atoms with E-state index in [2.05, 4.69) is 33.0 Å². The lowest BCUT2D eigenvalue weighted by molar-refractivity contribution is -0.146. The second kappa shape index (κ2) is 12.5. The first kappa shape index (κ1) is 22.1. The first-order valence-electron chi connectivity index (χ1n) is 8.58. The largest absolute Gasteiger partial charge is 0.464 e. The standard InChI is InChI=1S/C19H31NO2.BrH/c1-5-15(4)18(16-11-9-8-10-12-16)19(21)22-14-13-20-17(6-2)7-3;/h8-12,15,17-18,20H,5-7,13-14H2,1-4H3;1H. The molecule has 0 saturated carbocycles. The summed E-state index contributed by atoms with van der Waals surface area (Å²) in [6.07, 6.45) is 3.16. The van der Waals surface area contributed by atoms with E-state index in [0.717, 1.165) is 31.4 Å². The maximum Gasteiger partial charge on any atom is 0.313 e. The Bertz CT molecular complexity index is 421. The first-order chi connectivity index (χ1) is 10.6. The summed E-state index contributed by atoms with van der Waals surface area (Å²) in [7, 11) is 0. The molecule has 0 amide bonds. The fourth-order valence-electron chi connectivity index (χ4n) is 2.67. The molecule has 0 aliphatic carbocycles. The molecule has 2 unspecified atom stereocenters. The molecule has 132 valence electrons. The maximum absolute atomic E-state index is 12.5. The molecular weight excluding hydrogens is 354 g/mol. The first-order valence-corrected chi connectivity index (χ1v) is 8.58. The van der Waals surface area contributed by atoms with Crippen molar-refractivity contribution in [1.29, 1.82) is 0 Å². The van der Waals surface area contributed by atoms with Crippen LogP contribution in [0.5, 0.6) is 0 Å². The average molecular weight is 386 g/mol. The molecule has 2 atom stereocenters. The summed E-state index contributed by atoms with van der Waals surface area (Å²) >= 11 is 0. The molecule has 1 N–H and O–H groups in total. The van der Waals surface area contributed by atoms with E-state index in [1.165, 1.54) is 0 Å². The van der Waals surface area contributed by atoms with Gasteiger partial charge in [0, 0.05) is 12.6 Å². The van der Waals surface area contributed by atoms with Gasteiger partial charge in [-0.1, -0.05) is 64.4 Å². The molecule has 1 rings (SSSR count). The molecule has 4 heteroatoms. The predicted molar refractivity (Wildman–Crippen MR) is 102 cm³/mol. The van der Waals surface area contributed by atoms with E-state index in [1.54, 1.807) is 0 Å². The predicted octanol–water partition coefficient (Wildman–Crippen LogP) is 4.72. The normalized spacial score (nSPS) is 13.3. The third-order valence-corrected chi connectivity index (χ3v) is 4.39. The molecule has 0 aliphatic rings. The van der Waals surface area contributed by atoms with Gasteiger partial charge in [0.2, 0.25) is 0 Å². The zero-order chi connectivity index (χ0) is 16.4. The lowest BCUT2D eigenvalue weighted by Crippen LogP contribution is -2.32. The SMILES string of the molecule is Br.CCC(CC)NCCOC(=O)C(c1ccccc1)C(C)CC. The van der Waals surface area contributed by atoms with Gasteiger partial charge in [0.25, 0.3) is 0 Å². The third-order valence-electron chi connectivity index (χ3n) is 4.39. The number of benzene rings is 1. The summed E-state index contributed by atoms with van der Waals surface area (Å²) in [6.45, 7) is 9.72. The van der Waals surface area contributed by atoms with Crippen molar-refractivity contribution in [3.63, 3.8) is 0 Å². The summed E-state index contributed by atoms with van der Waals surface area (Å²) in [5.74, 6) is 0.00753. The molecule has 0 bridgehead atoms. The van der Waals surface area contributed by atoms with E-state index >= 15 is 0 Å². The molecule has 0 radical (unpaired) electrons. The van der Waals surface area contributed by atoms with Crippen LogP contribution in [0.4, 0.5) is 0 Å². The lowest BCUT2D eigenvalue weighted by atomic mass is 9.86. The van der Waals surface area contributed by atoms with Crippen LogP contribution in [0.3, 0.4) is 0 Å². The van der Waals surface area contributed by atoms with Crippen LogP contribution in [-0.2, 0) is 9.53 Å². The Hall–Kier alpha value is -0.870. The van der Waals surface area contributed by atoms with E-state index in [9.17, 15) is 4.79 Å². The van der Waals surface area contributed by atoms with Gasteiger partial charge in [0.1, 0.15) is 6.61 Å². The summed E-state index contributed by atoms with van der Waals surface area (Å²) in [6, 6.07) is 10.5. The number of carbonyl (C=O) groups is 1. The number of hydrogen-bond donors (Lipinski definition) is 1. The molecule has 1 aromatic rings. The second-order valence-electron chi connectivity index (χ2n) is 5.91. The molecule has 0 aliphatic heterocycles. The quantitative estimate of drug-likeness (QED) is 0.467. The van der Waals surface area contributed by atoms with E-state index < -0.39 is 0 Å². The molecule has 0 heterocycles. The van der Waals surface area contributed by atoms with Gasteiger partial charge in [-0.2, -0.15) is 0 Å². The van der Waals surface area contributed by atoms with Gasteiger partial charge in [0.15, 0.2) is 0 Å². The second-order valence-corrected chi connectivity index (χ2v) is 5.91. The number of esters is 1. The van der Waals surface area contributed by atoms with E-state index in [4.69, 9.17) is 4.74 Å². The van der Waals surface area contributed by atoms with Gasteiger partial charge in [-0.05, 0) is 24.3 Å². The van der Waals surface area contributed by atoms with E-state index in [1.807, 2.05) is 30.3 Å². The number of ether oxygens (including phenoxy) is 1. The summed E-state index contributed by atoms with van der Waals surface area (Å²) in [4.78, 5) is 12.5. The molecule has 3 nitrogen and oxygen atoms in total. The van der Waals surface area contributed by atoms with Crippen LogP contribution in [0.1, 0.15) is 58.4 Å². The Kier molecular flexibility index (Phi) is 12.1. The third kappa shape index (κ3) is 7.49. The van der Waals surface area contributed by atoms with Crippen LogP contribution in [0.2, 0.25) is 0 Å². The smallest absolute Gasteiger partial charge is 0.313 e. The number of halogens is 1. The van der Waals surface area contributed by atoms with Gasteiger partial charge >= 0.3 is 5.97 Å². The van der Waals surface area contributed by atoms with Crippen molar-refractivity contribution in [2.24, 2.45) is 5.92 Å². The summed E-state index contributed by atoms with van der Waals surface area (Å²) in [5.41, 5.74) is 1.05. The Morgan fingerprint density at radius 3 is 2.22 bits per heavy atom. The monoisotopic (exact) mass is 385 g/mol. The number of nitrogens with one attached hydrogen (secondary N) is 1. The maximum atomic E-state index is 12.5. The van der Waals surface area contributed by atoms with Gasteiger partial charge < -0.3 is 10.1 Å². The van der Waals surface area contributed by atoms with Crippen LogP contribution < -0.4 is 5.32 Å². The molecular formula is C19H32BrNO2. The highest BCUT2D eigenvalue weighted by Crippen LogP contribution is 2.28.